The van der Waals surface area contributed by atoms with Crippen LogP contribution in [0, 0.1) is 13.8 Å². The number of hydrogen-bond donors (Lipinski definition) is 1. The SMILES string of the molecule is CC[C@H](C(=O)NC(C)(C)C)N(Cc1c(Cl)cccc1Cl)C(=O)Cc1ccc(C)c(C)c1. The fraction of sp³-hybridized carbons (Fsp3) is 0.440. The average Bonchev–Trinajstić information content (AvgIpc) is 2.65. The van der Waals surface area contributed by atoms with Gasteiger partial charge in [-0.3, -0.25) is 9.59 Å². The molecule has 4 nitrogen and oxygen atoms in total. The van der Waals surface area contributed by atoms with E-state index in [9.17, 15) is 9.59 Å². The molecule has 2 amide bonds. The Balaban J connectivity index is 2.41. The first kappa shape index (κ1) is 25.2. The van der Waals surface area contributed by atoms with Gasteiger partial charge in [-0.2, -0.15) is 0 Å². The zero-order valence-corrected chi connectivity index (χ0v) is 20.7. The van der Waals surface area contributed by atoms with E-state index in [0.717, 1.165) is 11.1 Å². The van der Waals surface area contributed by atoms with E-state index >= 15 is 0 Å². The van der Waals surface area contributed by atoms with Gasteiger partial charge >= 0.3 is 0 Å². The standard InChI is InChI=1S/C25H32Cl2N2O2/c1-7-22(24(31)28-25(4,5)6)29(15-19-20(26)9-8-10-21(19)27)23(30)14-18-12-11-16(2)17(3)13-18/h8-13,22H,7,14-15H2,1-6H3,(H,28,31)/t22-/m1/s1. The number of nitrogens with zero attached hydrogens (tertiary/aromatic N) is 1. The second-order valence-electron chi connectivity index (χ2n) is 8.98. The monoisotopic (exact) mass is 462 g/mol. The molecule has 2 rings (SSSR count). The van der Waals surface area contributed by atoms with E-state index in [1.165, 1.54) is 5.56 Å². The van der Waals surface area contributed by atoms with Crippen molar-refractivity contribution in [2.45, 2.75) is 72.5 Å². The van der Waals surface area contributed by atoms with Crippen LogP contribution in [0.3, 0.4) is 0 Å². The minimum absolute atomic E-state index is 0.143. The third-order valence-electron chi connectivity index (χ3n) is 5.20. The number of nitrogens with one attached hydrogen (secondary N) is 1. The van der Waals surface area contributed by atoms with Crippen LogP contribution in [-0.2, 0) is 22.6 Å². The summed E-state index contributed by atoms with van der Waals surface area (Å²) in [4.78, 5) is 28.1. The van der Waals surface area contributed by atoms with Crippen LogP contribution in [0.25, 0.3) is 0 Å². The van der Waals surface area contributed by atoms with Crippen molar-refractivity contribution in [3.8, 4) is 0 Å². The van der Waals surface area contributed by atoms with Gasteiger partial charge in [-0.25, -0.2) is 0 Å². The molecule has 0 aromatic heterocycles. The van der Waals surface area contributed by atoms with E-state index < -0.39 is 11.6 Å². The molecule has 0 unspecified atom stereocenters. The van der Waals surface area contributed by atoms with Crippen molar-refractivity contribution in [3.05, 3.63) is 68.7 Å². The van der Waals surface area contributed by atoms with Crippen LogP contribution in [0.5, 0.6) is 0 Å². The van der Waals surface area contributed by atoms with E-state index in [2.05, 4.69) is 5.32 Å². The lowest BCUT2D eigenvalue weighted by Gasteiger charge is -2.33. The van der Waals surface area contributed by atoms with Gasteiger partial charge < -0.3 is 10.2 Å². The molecule has 0 bridgehead atoms. The van der Waals surface area contributed by atoms with Gasteiger partial charge in [-0.05, 0) is 69.9 Å². The van der Waals surface area contributed by atoms with Crippen LogP contribution in [0.1, 0.15) is 56.4 Å². The number of amides is 2. The average molecular weight is 463 g/mol. The second-order valence-corrected chi connectivity index (χ2v) is 9.79. The summed E-state index contributed by atoms with van der Waals surface area (Å²) in [5.41, 5.74) is 3.45. The summed E-state index contributed by atoms with van der Waals surface area (Å²) >= 11 is 12.8. The fourth-order valence-electron chi connectivity index (χ4n) is 3.42. The lowest BCUT2D eigenvalue weighted by Crippen LogP contribution is -2.53. The summed E-state index contributed by atoms with van der Waals surface area (Å²) in [7, 11) is 0. The summed E-state index contributed by atoms with van der Waals surface area (Å²) < 4.78 is 0. The Bertz CT molecular complexity index is 931. The molecule has 6 heteroatoms. The van der Waals surface area contributed by atoms with Crippen molar-refractivity contribution < 1.29 is 9.59 Å². The first-order chi connectivity index (χ1) is 14.4. The van der Waals surface area contributed by atoms with Crippen LogP contribution in [0.2, 0.25) is 10.0 Å². The fourth-order valence-corrected chi connectivity index (χ4v) is 3.93. The van der Waals surface area contributed by atoms with Crippen molar-refractivity contribution in [2.24, 2.45) is 0 Å². The van der Waals surface area contributed by atoms with Crippen LogP contribution in [0.15, 0.2) is 36.4 Å². The van der Waals surface area contributed by atoms with Gasteiger partial charge in [0.1, 0.15) is 6.04 Å². The van der Waals surface area contributed by atoms with Gasteiger partial charge in [0.15, 0.2) is 0 Å². The first-order valence-electron chi connectivity index (χ1n) is 10.5. The Morgan fingerprint density at radius 3 is 2.16 bits per heavy atom. The Morgan fingerprint density at radius 1 is 1.03 bits per heavy atom. The van der Waals surface area contributed by atoms with E-state index in [4.69, 9.17) is 23.2 Å². The highest BCUT2D eigenvalue weighted by molar-refractivity contribution is 6.36. The van der Waals surface area contributed by atoms with Gasteiger partial charge in [0.2, 0.25) is 11.8 Å². The molecule has 0 radical (unpaired) electrons. The third-order valence-corrected chi connectivity index (χ3v) is 5.91. The molecule has 0 spiro atoms. The minimum atomic E-state index is -0.634. The van der Waals surface area contributed by atoms with E-state index in [0.29, 0.717) is 22.0 Å². The Hall–Kier alpha value is -2.04. The quantitative estimate of drug-likeness (QED) is 0.558. The summed E-state index contributed by atoms with van der Waals surface area (Å²) in [6, 6.07) is 10.6. The minimum Gasteiger partial charge on any atom is -0.350 e. The van der Waals surface area contributed by atoms with Crippen LogP contribution in [0.4, 0.5) is 0 Å². The number of halogens is 2. The maximum Gasteiger partial charge on any atom is 0.243 e. The van der Waals surface area contributed by atoms with E-state index in [1.54, 1.807) is 23.1 Å². The Kier molecular flexibility index (Phi) is 8.56. The molecule has 1 N–H and O–H groups in total. The van der Waals surface area contributed by atoms with Gasteiger partial charge in [-0.1, -0.05) is 54.4 Å². The zero-order valence-electron chi connectivity index (χ0n) is 19.2. The van der Waals surface area contributed by atoms with Crippen LogP contribution >= 0.6 is 23.2 Å². The number of hydrogen-bond acceptors (Lipinski definition) is 2. The second kappa shape index (κ2) is 10.5. The largest absolute Gasteiger partial charge is 0.350 e. The van der Waals surface area contributed by atoms with Crippen LogP contribution < -0.4 is 5.32 Å². The predicted molar refractivity (Wildman–Crippen MR) is 129 cm³/mol. The molecule has 0 fully saturated rings. The molecule has 2 aromatic carbocycles. The summed E-state index contributed by atoms with van der Waals surface area (Å²) in [5, 5.41) is 3.95. The van der Waals surface area contributed by atoms with Crippen molar-refractivity contribution in [1.29, 1.82) is 0 Å². The van der Waals surface area contributed by atoms with Crippen LogP contribution in [-0.4, -0.2) is 28.3 Å². The lowest BCUT2D eigenvalue weighted by molar-refractivity contribution is -0.141. The van der Waals surface area contributed by atoms with Gasteiger partial charge in [0.25, 0.3) is 0 Å². The molecule has 0 aliphatic rings. The van der Waals surface area contributed by atoms with Crippen molar-refractivity contribution >= 4 is 35.0 Å². The molecular weight excluding hydrogens is 431 g/mol. The highest BCUT2D eigenvalue weighted by Crippen LogP contribution is 2.27. The van der Waals surface area contributed by atoms with Crippen molar-refractivity contribution in [3.63, 3.8) is 0 Å². The lowest BCUT2D eigenvalue weighted by atomic mass is 10.0. The van der Waals surface area contributed by atoms with Gasteiger partial charge in [-0.15, -0.1) is 0 Å². The molecule has 1 atom stereocenters. The molecule has 0 heterocycles. The number of carbonyl (C=O) groups is 2. The maximum absolute atomic E-state index is 13.5. The van der Waals surface area contributed by atoms with E-state index in [1.807, 2.05) is 59.7 Å². The molecule has 31 heavy (non-hydrogen) atoms. The Labute approximate surface area is 195 Å². The van der Waals surface area contributed by atoms with Gasteiger partial charge in [0.05, 0.1) is 6.42 Å². The molecule has 168 valence electrons. The summed E-state index contributed by atoms with van der Waals surface area (Å²) in [6.45, 7) is 11.9. The van der Waals surface area contributed by atoms with E-state index in [-0.39, 0.29) is 24.8 Å². The summed E-state index contributed by atoms with van der Waals surface area (Å²) in [6.07, 6.45) is 0.672. The number of carbonyl (C=O) groups excluding carboxylic acids is 2. The Morgan fingerprint density at radius 2 is 1.65 bits per heavy atom. The molecule has 0 aliphatic carbocycles. The predicted octanol–water partition coefficient (Wildman–Crippen LogP) is 5.87. The topological polar surface area (TPSA) is 49.4 Å². The number of benzene rings is 2. The first-order valence-corrected chi connectivity index (χ1v) is 11.3. The zero-order chi connectivity index (χ0) is 23.3. The molecule has 0 aliphatic heterocycles. The van der Waals surface area contributed by atoms with Crippen molar-refractivity contribution in [1.82, 2.24) is 10.2 Å². The maximum atomic E-state index is 13.5. The smallest absolute Gasteiger partial charge is 0.243 e. The molecule has 0 saturated heterocycles. The highest BCUT2D eigenvalue weighted by atomic mass is 35.5. The van der Waals surface area contributed by atoms with Gasteiger partial charge in [0, 0.05) is 27.7 Å². The molecule has 2 aromatic rings. The molecule has 0 saturated carbocycles. The summed E-state index contributed by atoms with van der Waals surface area (Å²) in [5.74, 6) is -0.332. The number of rotatable bonds is 7. The third kappa shape index (κ3) is 6.98. The normalized spacial score (nSPS) is 12.4. The number of aryl methyl sites for hydroxylation is 2. The highest BCUT2D eigenvalue weighted by Gasteiger charge is 2.31. The molecular formula is C25H32Cl2N2O2. The van der Waals surface area contributed by atoms with Crippen molar-refractivity contribution in [2.75, 3.05) is 0 Å².